The monoisotopic (exact) mass is 368 g/mol. The highest BCUT2D eigenvalue weighted by atomic mass is 32.1. The van der Waals surface area contributed by atoms with Gasteiger partial charge in [0.2, 0.25) is 0 Å². The second kappa shape index (κ2) is 6.69. The van der Waals surface area contributed by atoms with Crippen LogP contribution < -0.4 is 5.32 Å². The van der Waals surface area contributed by atoms with Gasteiger partial charge >= 0.3 is 0 Å². The lowest BCUT2D eigenvalue weighted by Crippen LogP contribution is -2.37. The molecule has 0 radical (unpaired) electrons. The van der Waals surface area contributed by atoms with Gasteiger partial charge in [-0.05, 0) is 69.6 Å². The maximum atomic E-state index is 5.79. The molecule has 1 saturated carbocycles. The molecule has 2 fully saturated rings. The summed E-state index contributed by atoms with van der Waals surface area (Å²) >= 11 is 5.79. The minimum Gasteiger partial charge on any atom is -0.352 e. The second-order valence-corrected chi connectivity index (χ2v) is 8.88. The summed E-state index contributed by atoms with van der Waals surface area (Å²) < 4.78 is 2.30. The summed E-state index contributed by atoms with van der Waals surface area (Å²) in [6.45, 7) is 6.71. The van der Waals surface area contributed by atoms with Crippen LogP contribution in [0.5, 0.6) is 0 Å². The lowest BCUT2D eigenvalue weighted by molar-refractivity contribution is 0.245. The van der Waals surface area contributed by atoms with Gasteiger partial charge in [-0.2, -0.15) is 0 Å². The Labute approximate surface area is 161 Å². The molecule has 2 aromatic heterocycles. The van der Waals surface area contributed by atoms with Crippen molar-refractivity contribution < 1.29 is 0 Å². The van der Waals surface area contributed by atoms with Gasteiger partial charge in [-0.25, -0.2) is 0 Å². The van der Waals surface area contributed by atoms with Crippen molar-refractivity contribution in [3.8, 4) is 0 Å². The fraction of sp³-hybridized carbons (Fsp3) is 0.524. The Morgan fingerprint density at radius 2 is 1.92 bits per heavy atom. The first-order valence-electron chi connectivity index (χ1n) is 9.63. The Morgan fingerprint density at radius 1 is 1.15 bits per heavy atom. The van der Waals surface area contributed by atoms with Gasteiger partial charge < -0.3 is 14.8 Å². The van der Waals surface area contributed by atoms with E-state index < -0.39 is 0 Å². The third kappa shape index (κ3) is 3.13. The molecule has 0 spiro atoms. The lowest BCUT2D eigenvalue weighted by atomic mass is 9.97. The molecule has 2 aliphatic rings. The summed E-state index contributed by atoms with van der Waals surface area (Å²) in [5.74, 6) is 0. The predicted molar refractivity (Wildman–Crippen MR) is 109 cm³/mol. The second-order valence-electron chi connectivity index (χ2n) is 8.50. The standard InChI is InChI=1S/C21H28N4S/c1-21(2,3)24-13-11-15(14-24)19-18(17-10-6-7-12-22-17)23-20(26)25(19)16-8-4-5-9-16/h6-7,10-14,16,18-19H,4-5,8-9H2,1-3H3,(H,23,26)/t18-,19+/m1/s1. The molecule has 0 unspecified atom stereocenters. The summed E-state index contributed by atoms with van der Waals surface area (Å²) in [5.41, 5.74) is 2.45. The number of thiocarbonyl (C=S) groups is 1. The molecule has 0 amide bonds. The van der Waals surface area contributed by atoms with Crippen LogP contribution >= 0.6 is 12.2 Å². The zero-order valence-corrected chi connectivity index (χ0v) is 16.7. The fourth-order valence-corrected chi connectivity index (χ4v) is 4.69. The van der Waals surface area contributed by atoms with Gasteiger partial charge in [0.25, 0.3) is 0 Å². The van der Waals surface area contributed by atoms with E-state index in [0.29, 0.717) is 6.04 Å². The van der Waals surface area contributed by atoms with Crippen molar-refractivity contribution in [1.82, 2.24) is 19.8 Å². The highest BCUT2D eigenvalue weighted by molar-refractivity contribution is 7.80. The molecule has 0 bridgehead atoms. The van der Waals surface area contributed by atoms with Crippen LogP contribution in [0.3, 0.4) is 0 Å². The number of hydrogen-bond donors (Lipinski definition) is 1. The molecule has 4 rings (SSSR count). The maximum Gasteiger partial charge on any atom is 0.170 e. The minimum absolute atomic E-state index is 0.0729. The third-order valence-corrected chi connectivity index (χ3v) is 6.01. The van der Waals surface area contributed by atoms with Crippen molar-refractivity contribution in [2.75, 3.05) is 0 Å². The molecule has 2 atom stereocenters. The molecule has 1 saturated heterocycles. The van der Waals surface area contributed by atoms with Crippen LogP contribution in [-0.4, -0.2) is 25.6 Å². The van der Waals surface area contributed by atoms with Gasteiger partial charge in [-0.3, -0.25) is 4.98 Å². The molecule has 26 heavy (non-hydrogen) atoms. The molecule has 3 heterocycles. The number of aromatic nitrogens is 2. The number of nitrogens with one attached hydrogen (secondary N) is 1. The Bertz CT molecular complexity index is 771. The molecular formula is C21H28N4S. The minimum atomic E-state index is 0.0729. The smallest absolute Gasteiger partial charge is 0.170 e. The van der Waals surface area contributed by atoms with Crippen LogP contribution in [0.1, 0.15) is 69.8 Å². The summed E-state index contributed by atoms with van der Waals surface area (Å²) in [7, 11) is 0. The van der Waals surface area contributed by atoms with Crippen molar-refractivity contribution in [3.63, 3.8) is 0 Å². The number of nitrogens with zero attached hydrogens (tertiary/aromatic N) is 3. The fourth-order valence-electron chi connectivity index (χ4n) is 4.30. The first-order valence-corrected chi connectivity index (χ1v) is 10.0. The largest absolute Gasteiger partial charge is 0.352 e. The van der Waals surface area contributed by atoms with Gasteiger partial charge in [0.05, 0.1) is 17.8 Å². The Kier molecular flexibility index (Phi) is 4.51. The van der Waals surface area contributed by atoms with Gasteiger partial charge in [0.1, 0.15) is 0 Å². The molecule has 1 aliphatic carbocycles. The molecule has 1 N–H and O–H groups in total. The van der Waals surface area contributed by atoms with Crippen molar-refractivity contribution >= 4 is 17.3 Å². The molecule has 5 heteroatoms. The van der Waals surface area contributed by atoms with Gasteiger partial charge in [0, 0.05) is 30.2 Å². The highest BCUT2D eigenvalue weighted by Crippen LogP contribution is 2.43. The van der Waals surface area contributed by atoms with E-state index in [1.165, 1.54) is 31.2 Å². The van der Waals surface area contributed by atoms with E-state index in [0.717, 1.165) is 10.8 Å². The lowest BCUT2D eigenvalue weighted by Gasteiger charge is -2.32. The highest BCUT2D eigenvalue weighted by Gasteiger charge is 2.43. The van der Waals surface area contributed by atoms with Crippen LogP contribution in [0, 0.1) is 0 Å². The van der Waals surface area contributed by atoms with Crippen LogP contribution in [0.15, 0.2) is 42.9 Å². The zero-order chi connectivity index (χ0) is 18.3. The first kappa shape index (κ1) is 17.5. The third-order valence-electron chi connectivity index (χ3n) is 5.69. The number of hydrogen-bond acceptors (Lipinski definition) is 2. The Morgan fingerprint density at radius 3 is 2.54 bits per heavy atom. The quantitative estimate of drug-likeness (QED) is 0.806. The summed E-state index contributed by atoms with van der Waals surface area (Å²) in [4.78, 5) is 7.09. The van der Waals surface area contributed by atoms with Crippen molar-refractivity contribution in [2.45, 2.75) is 70.1 Å². The van der Waals surface area contributed by atoms with E-state index in [1.807, 2.05) is 12.3 Å². The molecule has 1 aliphatic heterocycles. The zero-order valence-electron chi connectivity index (χ0n) is 15.9. The molecule has 4 nitrogen and oxygen atoms in total. The van der Waals surface area contributed by atoms with Gasteiger partial charge in [0.15, 0.2) is 5.11 Å². The van der Waals surface area contributed by atoms with E-state index in [2.05, 4.69) is 71.1 Å². The van der Waals surface area contributed by atoms with Crippen LogP contribution in [0.4, 0.5) is 0 Å². The van der Waals surface area contributed by atoms with E-state index in [4.69, 9.17) is 12.2 Å². The van der Waals surface area contributed by atoms with E-state index in [-0.39, 0.29) is 17.6 Å². The Hall–Kier alpha value is -1.88. The Balaban J connectivity index is 1.75. The van der Waals surface area contributed by atoms with Crippen molar-refractivity contribution in [3.05, 3.63) is 54.1 Å². The van der Waals surface area contributed by atoms with Crippen LogP contribution in [-0.2, 0) is 5.54 Å². The van der Waals surface area contributed by atoms with E-state index in [1.54, 1.807) is 0 Å². The number of rotatable bonds is 3. The molecule has 138 valence electrons. The average Bonchev–Trinajstić information content (AvgIpc) is 3.33. The van der Waals surface area contributed by atoms with Gasteiger partial charge in [-0.15, -0.1) is 0 Å². The summed E-state index contributed by atoms with van der Waals surface area (Å²) in [6, 6.07) is 9.21. The predicted octanol–water partition coefficient (Wildman–Crippen LogP) is 4.55. The van der Waals surface area contributed by atoms with E-state index in [9.17, 15) is 0 Å². The average molecular weight is 369 g/mol. The topological polar surface area (TPSA) is 33.1 Å². The van der Waals surface area contributed by atoms with Crippen LogP contribution in [0.25, 0.3) is 0 Å². The molecule has 0 aromatic carbocycles. The normalized spacial score (nSPS) is 24.3. The first-order chi connectivity index (χ1) is 12.4. The SMILES string of the molecule is CC(C)(C)n1ccc([C@H]2[C@@H](c3ccccn3)NC(=S)N2C2CCCC2)c1. The van der Waals surface area contributed by atoms with Gasteiger partial charge in [-0.1, -0.05) is 18.9 Å². The molecular weight excluding hydrogens is 340 g/mol. The van der Waals surface area contributed by atoms with Crippen molar-refractivity contribution in [1.29, 1.82) is 0 Å². The summed E-state index contributed by atoms with van der Waals surface area (Å²) in [5, 5.41) is 4.46. The maximum absolute atomic E-state index is 5.79. The summed E-state index contributed by atoms with van der Waals surface area (Å²) in [6.07, 6.45) is 11.4. The number of pyridine rings is 1. The van der Waals surface area contributed by atoms with E-state index >= 15 is 0 Å². The van der Waals surface area contributed by atoms with Crippen LogP contribution in [0.2, 0.25) is 0 Å². The van der Waals surface area contributed by atoms with Crippen molar-refractivity contribution in [2.24, 2.45) is 0 Å². The molecule has 2 aromatic rings.